The highest BCUT2D eigenvalue weighted by atomic mass is 35.7. The fourth-order valence-electron chi connectivity index (χ4n) is 0.351. The minimum absolute atomic E-state index is 0.542. The lowest BCUT2D eigenvalue weighted by molar-refractivity contribution is -0.197. The summed E-state index contributed by atoms with van der Waals surface area (Å²) in [7, 11) is 0.0706. The molecule has 84 valence electrons. The Morgan fingerprint density at radius 1 is 1.50 bits per heavy atom. The topological polar surface area (TPSA) is 72.5 Å². The van der Waals surface area contributed by atoms with E-state index < -0.39 is 27.6 Å². The first-order chi connectivity index (χ1) is 6.02. The first-order valence-electron chi connectivity index (χ1n) is 3.02. The molecule has 1 atom stereocenters. The van der Waals surface area contributed by atoms with Gasteiger partial charge < -0.3 is 4.74 Å². The van der Waals surface area contributed by atoms with Crippen LogP contribution in [0.2, 0.25) is 0 Å². The van der Waals surface area contributed by atoms with Crippen LogP contribution in [-0.2, 0) is 14.0 Å². The predicted molar refractivity (Wildman–Crippen MR) is 39.9 cm³/mol. The number of amides is 1. The van der Waals surface area contributed by atoms with E-state index in [4.69, 9.17) is 0 Å². The number of hydrogen-bond acceptors (Lipinski definition) is 4. The van der Waals surface area contributed by atoms with Gasteiger partial charge in [-0.1, -0.05) is 0 Å². The summed E-state index contributed by atoms with van der Waals surface area (Å²) in [5.41, 5.74) is 0. The minimum Gasteiger partial charge on any atom is -0.436 e. The molecule has 0 fully saturated rings. The fraction of sp³-hybridized carbons (Fsp3) is 0.750. The number of nitrogens with one attached hydrogen (secondary N) is 1. The summed E-state index contributed by atoms with van der Waals surface area (Å²) in [6.45, 7) is 0.542. The maximum atomic E-state index is 11.8. The van der Waals surface area contributed by atoms with Crippen LogP contribution in [0.3, 0.4) is 0 Å². The lowest BCUT2D eigenvalue weighted by Gasteiger charge is -2.15. The Bertz CT molecular complexity index is 313. The number of hydrogen-bond donors (Lipinski definition) is 1. The molecule has 0 radical (unpaired) electrons. The second kappa shape index (κ2) is 4.22. The van der Waals surface area contributed by atoms with Crippen molar-refractivity contribution in [2.45, 2.75) is 19.2 Å². The van der Waals surface area contributed by atoms with Gasteiger partial charge in [0, 0.05) is 10.7 Å². The third-order valence-corrected chi connectivity index (χ3v) is 1.59. The second-order valence-electron chi connectivity index (χ2n) is 2.13. The minimum atomic E-state index is -4.76. The summed E-state index contributed by atoms with van der Waals surface area (Å²) in [4.78, 5) is 10.4. The molecule has 0 aliphatic rings. The lowest BCUT2D eigenvalue weighted by Crippen LogP contribution is -2.36. The van der Waals surface area contributed by atoms with E-state index in [9.17, 15) is 26.4 Å². The van der Waals surface area contributed by atoms with Gasteiger partial charge in [0.25, 0.3) is 0 Å². The van der Waals surface area contributed by atoms with E-state index >= 15 is 0 Å². The summed E-state index contributed by atoms with van der Waals surface area (Å²) in [6, 6.07) is 0. The van der Waals surface area contributed by atoms with Gasteiger partial charge in [-0.25, -0.2) is 9.52 Å². The second-order valence-corrected chi connectivity index (χ2v) is 4.43. The maximum Gasteiger partial charge on any atom is 0.425 e. The number of carbonyl (C=O) groups excluding carboxylic acids is 1. The van der Waals surface area contributed by atoms with Crippen LogP contribution in [0.5, 0.6) is 0 Å². The van der Waals surface area contributed by atoms with Gasteiger partial charge in [-0.15, -0.1) is 0 Å². The number of rotatable bonds is 2. The quantitative estimate of drug-likeness (QED) is 0.751. The van der Waals surface area contributed by atoms with Crippen LogP contribution in [0.4, 0.5) is 18.0 Å². The summed E-state index contributed by atoms with van der Waals surface area (Å²) >= 11 is 0. The van der Waals surface area contributed by atoms with Gasteiger partial charge in [-0.05, 0) is 6.92 Å². The molecule has 0 spiro atoms. The molecule has 1 amide bonds. The molecule has 5 nitrogen and oxygen atoms in total. The highest BCUT2D eigenvalue weighted by Gasteiger charge is 2.39. The van der Waals surface area contributed by atoms with Crippen molar-refractivity contribution in [3.05, 3.63) is 0 Å². The van der Waals surface area contributed by atoms with Crippen molar-refractivity contribution in [3.8, 4) is 0 Å². The molecule has 0 aromatic heterocycles. The SMILES string of the molecule is CC(OC(=O)NS(=O)(=O)Cl)C(F)(F)F. The molecule has 0 saturated heterocycles. The van der Waals surface area contributed by atoms with E-state index in [1.807, 2.05) is 0 Å². The third kappa shape index (κ3) is 5.86. The van der Waals surface area contributed by atoms with Crippen LogP contribution in [0, 0.1) is 0 Å². The Morgan fingerprint density at radius 3 is 2.21 bits per heavy atom. The van der Waals surface area contributed by atoms with Crippen molar-refractivity contribution in [3.63, 3.8) is 0 Å². The molecule has 14 heavy (non-hydrogen) atoms. The molecule has 0 rings (SSSR count). The largest absolute Gasteiger partial charge is 0.436 e. The smallest absolute Gasteiger partial charge is 0.425 e. The van der Waals surface area contributed by atoms with Gasteiger partial charge in [0.05, 0.1) is 0 Å². The first-order valence-corrected chi connectivity index (χ1v) is 5.33. The molecule has 0 saturated carbocycles. The summed E-state index contributed by atoms with van der Waals surface area (Å²) in [5, 5.41) is 0. The molecule has 0 aromatic carbocycles. The van der Waals surface area contributed by atoms with Crippen LogP contribution in [0.1, 0.15) is 6.92 Å². The zero-order valence-corrected chi connectivity index (χ0v) is 8.20. The highest BCUT2D eigenvalue weighted by Crippen LogP contribution is 2.22. The van der Waals surface area contributed by atoms with Crippen molar-refractivity contribution >= 4 is 26.0 Å². The Balaban J connectivity index is 4.22. The monoisotopic (exact) mass is 255 g/mol. The van der Waals surface area contributed by atoms with Gasteiger partial charge in [-0.2, -0.15) is 21.6 Å². The van der Waals surface area contributed by atoms with E-state index in [-0.39, 0.29) is 0 Å². The Morgan fingerprint density at radius 2 is 1.93 bits per heavy atom. The van der Waals surface area contributed by atoms with Crippen molar-refractivity contribution in [2.24, 2.45) is 0 Å². The van der Waals surface area contributed by atoms with E-state index in [0.29, 0.717) is 6.92 Å². The third-order valence-electron chi connectivity index (χ3n) is 0.950. The van der Waals surface area contributed by atoms with Crippen LogP contribution in [0.25, 0.3) is 0 Å². The predicted octanol–water partition coefficient (Wildman–Crippen LogP) is 1.15. The molecule has 0 bridgehead atoms. The van der Waals surface area contributed by atoms with E-state index in [2.05, 4.69) is 15.4 Å². The van der Waals surface area contributed by atoms with Crippen LogP contribution in [0.15, 0.2) is 0 Å². The molecule has 10 heteroatoms. The molecule has 0 aliphatic heterocycles. The van der Waals surface area contributed by atoms with E-state index in [1.165, 1.54) is 0 Å². The van der Waals surface area contributed by atoms with Crippen molar-refractivity contribution in [1.29, 1.82) is 0 Å². The van der Waals surface area contributed by atoms with Gasteiger partial charge in [0.15, 0.2) is 6.10 Å². The molecule has 1 N–H and O–H groups in total. The van der Waals surface area contributed by atoms with Crippen LogP contribution >= 0.6 is 10.7 Å². The highest BCUT2D eigenvalue weighted by molar-refractivity contribution is 8.12. The molecular formula is C4H5ClF3NO4S. The Labute approximate surface area is 81.7 Å². The normalized spacial score (nSPS) is 14.6. The van der Waals surface area contributed by atoms with Crippen molar-refractivity contribution < 1.29 is 31.1 Å². The van der Waals surface area contributed by atoms with E-state index in [0.717, 1.165) is 4.72 Å². The molecule has 0 aromatic rings. The summed E-state index contributed by atoms with van der Waals surface area (Å²) in [5.74, 6) is 0. The van der Waals surface area contributed by atoms with E-state index in [1.54, 1.807) is 0 Å². The first kappa shape index (κ1) is 13.3. The van der Waals surface area contributed by atoms with Crippen molar-refractivity contribution in [1.82, 2.24) is 4.72 Å². The van der Waals surface area contributed by atoms with Crippen molar-refractivity contribution in [2.75, 3.05) is 0 Å². The van der Waals surface area contributed by atoms with Crippen LogP contribution < -0.4 is 4.72 Å². The van der Waals surface area contributed by atoms with Crippen LogP contribution in [-0.4, -0.2) is 26.8 Å². The van der Waals surface area contributed by atoms with Gasteiger partial charge in [0.2, 0.25) is 0 Å². The lowest BCUT2D eigenvalue weighted by atomic mass is 10.4. The number of halogens is 4. The average molecular weight is 256 g/mol. The molecular weight excluding hydrogens is 251 g/mol. The Hall–Kier alpha value is -0.700. The maximum absolute atomic E-state index is 11.8. The van der Waals surface area contributed by atoms with Gasteiger partial charge in [-0.3, -0.25) is 0 Å². The standard InChI is InChI=1S/C4H5ClF3NO4S/c1-2(4(6,7)8)13-3(10)9-14(5,11)12/h2H,1H3,(H,9,10). The fourth-order valence-corrected chi connectivity index (χ4v) is 0.787. The van der Waals surface area contributed by atoms with Gasteiger partial charge in [0.1, 0.15) is 0 Å². The number of alkyl halides is 3. The molecule has 1 unspecified atom stereocenters. The average Bonchev–Trinajstić information content (AvgIpc) is 1.79. The number of ether oxygens (including phenoxy) is 1. The van der Waals surface area contributed by atoms with Gasteiger partial charge >= 0.3 is 21.5 Å². The molecule has 0 aliphatic carbocycles. The zero-order valence-electron chi connectivity index (χ0n) is 6.63. The summed E-state index contributed by atoms with van der Waals surface area (Å²) in [6.07, 6.45) is -8.96. The number of carbonyl (C=O) groups is 1. The zero-order chi connectivity index (χ0) is 11.6. The Kier molecular flexibility index (Phi) is 4.01. The summed E-state index contributed by atoms with van der Waals surface area (Å²) < 4.78 is 60.2. The molecule has 0 heterocycles.